The number of rotatable bonds is 10. The number of hydrogen-bond donors (Lipinski definition) is 2. The van der Waals surface area contributed by atoms with Crippen LogP contribution in [0, 0.1) is 17.0 Å². The maximum Gasteiger partial charge on any atom is 0.272 e. The van der Waals surface area contributed by atoms with Gasteiger partial charge in [0.05, 0.1) is 4.92 Å². The van der Waals surface area contributed by atoms with Gasteiger partial charge in [0.25, 0.3) is 11.6 Å². The van der Waals surface area contributed by atoms with E-state index in [9.17, 15) is 23.3 Å². The van der Waals surface area contributed by atoms with Crippen LogP contribution in [0.3, 0.4) is 0 Å². The first-order valence-corrected chi connectivity index (χ1v) is 11.5. The van der Waals surface area contributed by atoms with Gasteiger partial charge in [-0.25, -0.2) is 17.8 Å². The molecule has 12 heteroatoms. The number of aromatic nitrogens is 2. The predicted octanol–water partition coefficient (Wildman–Crippen LogP) is 2.49. The third-order valence-corrected chi connectivity index (χ3v) is 6.26. The maximum absolute atomic E-state index is 12.8. The number of benzene rings is 1. The molecule has 0 unspecified atom stereocenters. The van der Waals surface area contributed by atoms with Crippen LogP contribution in [0.1, 0.15) is 49.2 Å². The lowest BCUT2D eigenvalue weighted by molar-refractivity contribution is -0.385. The minimum absolute atomic E-state index is 0.0861. The summed E-state index contributed by atoms with van der Waals surface area (Å²) in [4.78, 5) is 22.6. The average molecular weight is 452 g/mol. The zero-order chi connectivity index (χ0) is 22.8. The minimum Gasteiger partial charge on any atom is -0.438 e. The molecule has 3 rings (SSSR count). The summed E-state index contributed by atoms with van der Waals surface area (Å²) in [5.41, 5.74) is 0.240. The van der Waals surface area contributed by atoms with Gasteiger partial charge in [0, 0.05) is 36.8 Å². The number of nitrogens with one attached hydrogen (secondary N) is 2. The van der Waals surface area contributed by atoms with E-state index in [-0.39, 0.29) is 39.9 Å². The lowest BCUT2D eigenvalue weighted by Gasteiger charge is -2.13. The molecule has 1 saturated carbocycles. The van der Waals surface area contributed by atoms with Gasteiger partial charge in [0.1, 0.15) is 10.6 Å². The van der Waals surface area contributed by atoms with E-state index in [0.717, 1.165) is 12.5 Å². The van der Waals surface area contributed by atoms with Crippen molar-refractivity contribution >= 4 is 21.6 Å². The van der Waals surface area contributed by atoms with Gasteiger partial charge in [0.15, 0.2) is 5.69 Å². The van der Waals surface area contributed by atoms with Gasteiger partial charge in [-0.15, -0.1) is 0 Å². The molecule has 0 spiro atoms. The Balaban J connectivity index is 2.03. The summed E-state index contributed by atoms with van der Waals surface area (Å²) < 4.78 is 35.5. The van der Waals surface area contributed by atoms with Gasteiger partial charge in [0.2, 0.25) is 15.9 Å². The van der Waals surface area contributed by atoms with E-state index in [1.807, 2.05) is 6.92 Å². The quantitative estimate of drug-likeness (QED) is 0.417. The van der Waals surface area contributed by atoms with Gasteiger partial charge in [-0.3, -0.25) is 14.9 Å². The highest BCUT2D eigenvalue weighted by Crippen LogP contribution is 2.35. The second-order valence-corrected chi connectivity index (χ2v) is 8.92. The molecule has 2 aromatic rings. The largest absolute Gasteiger partial charge is 0.438 e. The molecule has 31 heavy (non-hydrogen) atoms. The van der Waals surface area contributed by atoms with Crippen LogP contribution in [0.25, 0.3) is 0 Å². The number of sulfonamides is 1. The summed E-state index contributed by atoms with van der Waals surface area (Å²) in [6, 6.07) is 3.19. The predicted molar refractivity (Wildman–Crippen MR) is 112 cm³/mol. The van der Waals surface area contributed by atoms with E-state index in [0.29, 0.717) is 31.5 Å². The highest BCUT2D eigenvalue weighted by atomic mass is 32.2. The normalized spacial score (nSPS) is 13.8. The average Bonchev–Trinajstić information content (AvgIpc) is 3.48. The van der Waals surface area contributed by atoms with E-state index in [4.69, 9.17) is 4.74 Å². The highest BCUT2D eigenvalue weighted by Gasteiger charge is 2.32. The number of carbonyl (C=O) groups excluding carboxylic acids is 1. The topological polar surface area (TPSA) is 145 Å². The van der Waals surface area contributed by atoms with Crippen LogP contribution in [-0.2, 0) is 16.6 Å². The SMILES string of the molecule is CCCNC(=O)c1nn(CC)c(Oc2ccc([N+](=O)[O-])cc2S(=O)(=O)NC2CC2)c1C. The number of amides is 1. The summed E-state index contributed by atoms with van der Waals surface area (Å²) in [6.07, 6.45) is 2.19. The van der Waals surface area contributed by atoms with E-state index in [1.165, 1.54) is 16.8 Å². The van der Waals surface area contributed by atoms with Crippen LogP contribution in [0.5, 0.6) is 11.6 Å². The first-order valence-electron chi connectivity index (χ1n) is 10.0. The minimum atomic E-state index is -4.05. The standard InChI is InChI=1S/C19H25N5O6S/c1-4-10-20-18(25)17-12(3)19(23(5-2)21-17)30-15-9-8-14(24(26)27)11-16(15)31(28,29)22-13-6-7-13/h8-9,11,13,22H,4-7,10H2,1-3H3,(H,20,25). The van der Waals surface area contributed by atoms with Gasteiger partial charge in [-0.2, -0.15) is 5.10 Å². The van der Waals surface area contributed by atoms with E-state index >= 15 is 0 Å². The monoisotopic (exact) mass is 451 g/mol. The molecule has 2 N–H and O–H groups in total. The molecule has 0 radical (unpaired) electrons. The molecule has 1 aliphatic carbocycles. The van der Waals surface area contributed by atoms with Crippen molar-refractivity contribution in [2.75, 3.05) is 6.54 Å². The van der Waals surface area contributed by atoms with Crippen LogP contribution >= 0.6 is 0 Å². The number of nitro benzene ring substituents is 1. The van der Waals surface area contributed by atoms with E-state index in [1.54, 1.807) is 13.8 Å². The fourth-order valence-corrected chi connectivity index (χ4v) is 4.36. The number of nitrogens with zero attached hydrogens (tertiary/aromatic N) is 3. The third kappa shape index (κ3) is 5.02. The molecule has 168 valence electrons. The second kappa shape index (κ2) is 9.02. The molecule has 1 amide bonds. The number of carbonyl (C=O) groups is 1. The fourth-order valence-electron chi connectivity index (χ4n) is 2.91. The zero-order valence-corrected chi connectivity index (χ0v) is 18.4. The van der Waals surface area contributed by atoms with Crippen LogP contribution in [0.4, 0.5) is 5.69 Å². The Bertz CT molecular complexity index is 1110. The lowest BCUT2D eigenvalue weighted by Crippen LogP contribution is -2.26. The van der Waals surface area contributed by atoms with Gasteiger partial charge in [-0.05, 0) is 39.2 Å². The Morgan fingerprint density at radius 3 is 2.65 bits per heavy atom. The summed E-state index contributed by atoms with van der Waals surface area (Å²) in [7, 11) is -4.05. The Labute approximate surface area is 180 Å². The molecule has 0 atom stereocenters. The van der Waals surface area contributed by atoms with Crippen molar-refractivity contribution in [2.45, 2.75) is 57.5 Å². The van der Waals surface area contributed by atoms with Crippen LogP contribution in [0.2, 0.25) is 0 Å². The van der Waals surface area contributed by atoms with Crippen molar-refractivity contribution in [1.29, 1.82) is 0 Å². The highest BCUT2D eigenvalue weighted by molar-refractivity contribution is 7.89. The molecule has 1 fully saturated rings. The molecule has 1 aromatic carbocycles. The molecule has 1 heterocycles. The first kappa shape index (κ1) is 22.7. The Morgan fingerprint density at radius 2 is 2.06 bits per heavy atom. The summed E-state index contributed by atoms with van der Waals surface area (Å²) in [5, 5.41) is 18.2. The number of hydrogen-bond acceptors (Lipinski definition) is 7. The van der Waals surface area contributed by atoms with Gasteiger partial charge >= 0.3 is 0 Å². The lowest BCUT2D eigenvalue weighted by atomic mass is 10.2. The summed E-state index contributed by atoms with van der Waals surface area (Å²) >= 11 is 0. The van der Waals surface area contributed by atoms with Crippen LogP contribution < -0.4 is 14.8 Å². The Hall–Kier alpha value is -2.99. The molecule has 0 saturated heterocycles. The zero-order valence-electron chi connectivity index (χ0n) is 17.5. The van der Waals surface area contributed by atoms with E-state index < -0.39 is 14.9 Å². The molecule has 1 aromatic heterocycles. The summed E-state index contributed by atoms with van der Waals surface area (Å²) in [6.45, 7) is 6.24. The number of nitro groups is 1. The fraction of sp³-hybridized carbons (Fsp3) is 0.474. The van der Waals surface area contributed by atoms with Crippen LogP contribution in [-0.4, -0.2) is 41.6 Å². The van der Waals surface area contributed by atoms with Crippen LogP contribution in [0.15, 0.2) is 23.1 Å². The van der Waals surface area contributed by atoms with Crippen molar-refractivity contribution in [1.82, 2.24) is 19.8 Å². The van der Waals surface area contributed by atoms with Gasteiger partial charge < -0.3 is 10.1 Å². The number of non-ortho nitro benzene ring substituents is 1. The van der Waals surface area contributed by atoms with Crippen molar-refractivity contribution in [2.24, 2.45) is 0 Å². The van der Waals surface area contributed by atoms with Gasteiger partial charge in [-0.1, -0.05) is 6.92 Å². The Morgan fingerprint density at radius 1 is 1.35 bits per heavy atom. The molecule has 0 aliphatic heterocycles. The van der Waals surface area contributed by atoms with Crippen molar-refractivity contribution in [3.8, 4) is 11.6 Å². The third-order valence-electron chi connectivity index (χ3n) is 4.71. The molecule has 0 bridgehead atoms. The van der Waals surface area contributed by atoms with Crippen molar-refractivity contribution in [3.05, 3.63) is 39.6 Å². The number of aryl methyl sites for hydroxylation is 1. The molecular weight excluding hydrogens is 426 g/mol. The van der Waals surface area contributed by atoms with Crippen molar-refractivity contribution in [3.63, 3.8) is 0 Å². The van der Waals surface area contributed by atoms with Crippen molar-refractivity contribution < 1.29 is 22.9 Å². The second-order valence-electron chi connectivity index (χ2n) is 7.24. The smallest absolute Gasteiger partial charge is 0.272 e. The Kier molecular flexibility index (Phi) is 6.60. The molecule has 1 aliphatic rings. The number of ether oxygens (including phenoxy) is 1. The maximum atomic E-state index is 12.8. The summed E-state index contributed by atoms with van der Waals surface area (Å²) in [5.74, 6) is -0.249. The molecule has 11 nitrogen and oxygen atoms in total. The molecular formula is C19H25N5O6S. The van der Waals surface area contributed by atoms with E-state index in [2.05, 4.69) is 15.1 Å². The first-order chi connectivity index (χ1) is 14.7.